The van der Waals surface area contributed by atoms with E-state index in [1.54, 1.807) is 28.8 Å². The second-order valence-corrected chi connectivity index (χ2v) is 8.49. The molecule has 0 radical (unpaired) electrons. The number of piperazine rings is 1. The molecule has 0 aliphatic carbocycles. The first-order valence-corrected chi connectivity index (χ1v) is 10.1. The summed E-state index contributed by atoms with van der Waals surface area (Å²) < 4.78 is 40.5. The Labute approximate surface area is 154 Å². The van der Waals surface area contributed by atoms with Crippen molar-refractivity contribution in [2.45, 2.75) is 17.9 Å². The van der Waals surface area contributed by atoms with Crippen molar-refractivity contribution in [2.24, 2.45) is 0 Å². The van der Waals surface area contributed by atoms with Crippen molar-refractivity contribution >= 4 is 27.3 Å². The highest BCUT2D eigenvalue weighted by Gasteiger charge is 2.35. The molecule has 1 aliphatic rings. The number of rotatable bonds is 3. The molecule has 1 aliphatic heterocycles. The number of carbonyl (C=O) groups is 1. The van der Waals surface area contributed by atoms with Gasteiger partial charge in [-0.05, 0) is 25.1 Å². The summed E-state index contributed by atoms with van der Waals surface area (Å²) in [6, 6.07) is 4.52. The first kappa shape index (κ1) is 18.4. The van der Waals surface area contributed by atoms with E-state index in [4.69, 9.17) is 5.26 Å². The lowest BCUT2D eigenvalue weighted by Gasteiger charge is -2.38. The fraction of sp³-hybridized carbons (Fsp3) is 0.312. The van der Waals surface area contributed by atoms with Crippen LogP contribution < -0.4 is 0 Å². The van der Waals surface area contributed by atoms with Gasteiger partial charge in [-0.3, -0.25) is 4.79 Å². The molecule has 0 spiro atoms. The maximum Gasteiger partial charge on any atom is 0.273 e. The highest BCUT2D eigenvalue weighted by molar-refractivity contribution is 7.89. The summed E-state index contributed by atoms with van der Waals surface area (Å²) in [5.74, 6) is -1.11. The van der Waals surface area contributed by atoms with Crippen molar-refractivity contribution in [1.82, 2.24) is 14.2 Å². The molecule has 26 heavy (non-hydrogen) atoms. The van der Waals surface area contributed by atoms with Gasteiger partial charge in [-0.25, -0.2) is 17.8 Å². The molecule has 0 N–H and O–H groups in total. The third-order valence-electron chi connectivity index (χ3n) is 4.20. The highest BCUT2D eigenvalue weighted by Crippen LogP contribution is 2.23. The molecule has 136 valence electrons. The van der Waals surface area contributed by atoms with E-state index in [0.29, 0.717) is 5.69 Å². The van der Waals surface area contributed by atoms with Gasteiger partial charge in [0.15, 0.2) is 0 Å². The molecule has 2 heterocycles. The van der Waals surface area contributed by atoms with Crippen molar-refractivity contribution in [2.75, 3.05) is 19.6 Å². The van der Waals surface area contributed by atoms with Crippen molar-refractivity contribution in [3.63, 3.8) is 0 Å². The van der Waals surface area contributed by atoms with Crippen LogP contribution in [0, 0.1) is 17.1 Å². The number of sulfonamides is 1. The molecule has 1 atom stereocenters. The summed E-state index contributed by atoms with van der Waals surface area (Å²) in [6.07, 6.45) is 0. The van der Waals surface area contributed by atoms with Crippen LogP contribution in [0.1, 0.15) is 23.0 Å². The second kappa shape index (κ2) is 7.11. The van der Waals surface area contributed by atoms with E-state index >= 15 is 0 Å². The number of halogens is 1. The van der Waals surface area contributed by atoms with E-state index in [-0.39, 0.29) is 42.0 Å². The Morgan fingerprint density at radius 1 is 1.42 bits per heavy atom. The molecule has 1 saturated heterocycles. The SMILES string of the molecule is C[C@H]1CN(S(=O)(=O)c2ccc(C#N)c(F)c2)CCN1C(=O)c1cscn1. The van der Waals surface area contributed by atoms with E-state index in [1.807, 2.05) is 0 Å². The fourth-order valence-electron chi connectivity index (χ4n) is 2.81. The molecular weight excluding hydrogens is 379 g/mol. The van der Waals surface area contributed by atoms with Crippen LogP contribution in [-0.4, -0.2) is 54.2 Å². The van der Waals surface area contributed by atoms with E-state index in [9.17, 15) is 17.6 Å². The first-order valence-electron chi connectivity index (χ1n) is 7.73. The average Bonchev–Trinajstić information content (AvgIpc) is 3.15. The molecule has 3 rings (SSSR count). The maximum atomic E-state index is 13.8. The molecular formula is C16H15FN4O3S2. The molecule has 1 aromatic heterocycles. The molecule has 1 aromatic carbocycles. The third kappa shape index (κ3) is 3.33. The van der Waals surface area contributed by atoms with Gasteiger partial charge in [-0.2, -0.15) is 9.57 Å². The van der Waals surface area contributed by atoms with Crippen LogP contribution in [0.25, 0.3) is 0 Å². The van der Waals surface area contributed by atoms with E-state index in [0.717, 1.165) is 12.1 Å². The predicted molar refractivity (Wildman–Crippen MR) is 92.5 cm³/mol. The zero-order valence-electron chi connectivity index (χ0n) is 13.8. The molecule has 0 unspecified atom stereocenters. The number of carbonyl (C=O) groups excluding carboxylic acids is 1. The molecule has 7 nitrogen and oxygen atoms in total. The number of amides is 1. The van der Waals surface area contributed by atoms with E-state index in [2.05, 4.69) is 4.98 Å². The molecule has 1 amide bonds. The van der Waals surface area contributed by atoms with Gasteiger partial charge < -0.3 is 4.90 Å². The summed E-state index contributed by atoms with van der Waals surface area (Å²) in [4.78, 5) is 17.8. The lowest BCUT2D eigenvalue weighted by atomic mass is 10.2. The number of hydrogen-bond acceptors (Lipinski definition) is 6. The molecule has 0 saturated carbocycles. The van der Waals surface area contributed by atoms with Crippen LogP contribution in [0.5, 0.6) is 0 Å². The summed E-state index contributed by atoms with van der Waals surface area (Å²) >= 11 is 1.32. The quantitative estimate of drug-likeness (QED) is 0.790. The van der Waals surface area contributed by atoms with E-state index in [1.165, 1.54) is 21.7 Å². The van der Waals surface area contributed by atoms with E-state index < -0.39 is 15.8 Å². The minimum Gasteiger partial charge on any atom is -0.332 e. The number of thiazole rings is 1. The van der Waals surface area contributed by atoms with Crippen LogP contribution in [0.4, 0.5) is 4.39 Å². The molecule has 0 bridgehead atoms. The summed E-state index contributed by atoms with van der Waals surface area (Å²) in [7, 11) is -3.91. The van der Waals surface area contributed by atoms with Gasteiger partial charge in [-0.1, -0.05) is 0 Å². The zero-order chi connectivity index (χ0) is 18.9. The van der Waals surface area contributed by atoms with Gasteiger partial charge in [0.1, 0.15) is 17.6 Å². The van der Waals surface area contributed by atoms with Gasteiger partial charge in [0.2, 0.25) is 10.0 Å². The smallest absolute Gasteiger partial charge is 0.273 e. The lowest BCUT2D eigenvalue weighted by molar-refractivity contribution is 0.0586. The van der Waals surface area contributed by atoms with Gasteiger partial charge in [0.05, 0.1) is 16.0 Å². The first-order chi connectivity index (χ1) is 12.3. The Morgan fingerprint density at radius 3 is 2.77 bits per heavy atom. The normalized spacial score (nSPS) is 18.5. The van der Waals surface area contributed by atoms with Crippen LogP contribution in [-0.2, 0) is 10.0 Å². The minimum absolute atomic E-state index is 0.0971. The lowest BCUT2D eigenvalue weighted by Crippen LogP contribution is -2.55. The Hall–Kier alpha value is -2.35. The minimum atomic E-state index is -3.91. The standard InChI is InChI=1S/C16H15FN4O3S2/c1-11-8-20(4-5-21(11)16(22)15-9-25-10-19-15)26(23,24)13-3-2-12(7-18)14(17)6-13/h2-3,6,9-11H,4-5,8H2,1H3/t11-/m0/s1. The predicted octanol–water partition coefficient (Wildman–Crippen LogP) is 1.69. The monoisotopic (exact) mass is 394 g/mol. The largest absolute Gasteiger partial charge is 0.332 e. The Kier molecular flexibility index (Phi) is 5.04. The van der Waals surface area contributed by atoms with Gasteiger partial charge in [0, 0.05) is 31.1 Å². The third-order valence-corrected chi connectivity index (χ3v) is 6.65. The van der Waals surface area contributed by atoms with Crippen molar-refractivity contribution in [1.29, 1.82) is 5.26 Å². The van der Waals surface area contributed by atoms with Gasteiger partial charge >= 0.3 is 0 Å². The van der Waals surface area contributed by atoms with Gasteiger partial charge in [-0.15, -0.1) is 11.3 Å². The van der Waals surface area contributed by atoms with Crippen LogP contribution in [0.3, 0.4) is 0 Å². The molecule has 10 heteroatoms. The fourth-order valence-corrected chi connectivity index (χ4v) is 4.86. The highest BCUT2D eigenvalue weighted by atomic mass is 32.2. The molecule has 2 aromatic rings. The van der Waals surface area contributed by atoms with Crippen LogP contribution in [0.2, 0.25) is 0 Å². The van der Waals surface area contributed by atoms with Crippen LogP contribution in [0.15, 0.2) is 34.0 Å². The second-order valence-electron chi connectivity index (χ2n) is 5.84. The number of aromatic nitrogens is 1. The average molecular weight is 394 g/mol. The Balaban J connectivity index is 1.78. The van der Waals surface area contributed by atoms with Crippen molar-refractivity contribution < 1.29 is 17.6 Å². The van der Waals surface area contributed by atoms with Gasteiger partial charge in [0.25, 0.3) is 5.91 Å². The molecule has 1 fully saturated rings. The summed E-state index contributed by atoms with van der Waals surface area (Å²) in [5, 5.41) is 10.4. The topological polar surface area (TPSA) is 94.4 Å². The Bertz CT molecular complexity index is 970. The number of benzene rings is 1. The summed E-state index contributed by atoms with van der Waals surface area (Å²) in [5.41, 5.74) is 1.70. The van der Waals surface area contributed by atoms with Crippen molar-refractivity contribution in [3.8, 4) is 6.07 Å². The maximum absolute atomic E-state index is 13.8. The number of nitrogens with zero attached hydrogens (tertiary/aromatic N) is 4. The zero-order valence-corrected chi connectivity index (χ0v) is 15.4. The van der Waals surface area contributed by atoms with Crippen LogP contribution >= 0.6 is 11.3 Å². The number of nitriles is 1. The van der Waals surface area contributed by atoms with Crippen molar-refractivity contribution in [3.05, 3.63) is 46.2 Å². The summed E-state index contributed by atoms with van der Waals surface area (Å²) in [6.45, 7) is 2.17. The Morgan fingerprint density at radius 2 is 2.19 bits per heavy atom. The number of hydrogen-bond donors (Lipinski definition) is 0.